The number of rotatable bonds is 9. The van der Waals surface area contributed by atoms with E-state index in [0.29, 0.717) is 5.02 Å². The van der Waals surface area contributed by atoms with E-state index in [2.05, 4.69) is 5.32 Å². The number of nitrogens with zero attached hydrogens (tertiary/aromatic N) is 2. The molecule has 0 heterocycles. The molecule has 0 radical (unpaired) electrons. The van der Waals surface area contributed by atoms with Crippen LogP contribution in [0.4, 0.5) is 0 Å². The number of nitrogens with one attached hydrogen (secondary N) is 1. The maximum atomic E-state index is 13.2. The summed E-state index contributed by atoms with van der Waals surface area (Å²) in [6, 6.07) is 12.5. The summed E-state index contributed by atoms with van der Waals surface area (Å²) in [6.07, 6.45) is 0. The van der Waals surface area contributed by atoms with Gasteiger partial charge in [0.05, 0.1) is 11.4 Å². The monoisotopic (exact) mass is 479 g/mol. The van der Waals surface area contributed by atoms with Gasteiger partial charge in [0.2, 0.25) is 21.8 Å². The predicted molar refractivity (Wildman–Crippen MR) is 126 cm³/mol. The molecular weight excluding hydrogens is 450 g/mol. The molecular formula is C23H30ClN3O4S. The first-order valence-electron chi connectivity index (χ1n) is 10.3. The highest BCUT2D eigenvalue weighted by atomic mass is 35.5. The average molecular weight is 480 g/mol. The quantitative estimate of drug-likeness (QED) is 0.598. The standard InChI is InChI=1S/C23H30ClN3O4S/c1-16(2)25-23(29)18(4)27(14-19-8-10-20(24)11-9-19)22(28)15-26(5)32(30,31)21-12-6-17(3)7-13-21/h6-13,16,18H,14-15H2,1-5H3,(H,25,29)/t18-/m0/s1. The van der Waals surface area contributed by atoms with E-state index in [1.165, 1.54) is 24.1 Å². The van der Waals surface area contributed by atoms with Gasteiger partial charge >= 0.3 is 0 Å². The van der Waals surface area contributed by atoms with Crippen LogP contribution in [0.25, 0.3) is 0 Å². The molecule has 2 amide bonds. The van der Waals surface area contributed by atoms with Crippen molar-refractivity contribution in [2.45, 2.75) is 51.2 Å². The molecule has 2 rings (SSSR count). The molecule has 1 atom stereocenters. The Balaban J connectivity index is 2.26. The summed E-state index contributed by atoms with van der Waals surface area (Å²) in [5.41, 5.74) is 1.71. The van der Waals surface area contributed by atoms with Crippen LogP contribution in [0, 0.1) is 6.92 Å². The van der Waals surface area contributed by atoms with Gasteiger partial charge in [-0.2, -0.15) is 4.31 Å². The molecule has 0 spiro atoms. The fraction of sp³-hybridized carbons (Fsp3) is 0.391. The maximum absolute atomic E-state index is 13.2. The van der Waals surface area contributed by atoms with Gasteiger partial charge < -0.3 is 10.2 Å². The van der Waals surface area contributed by atoms with E-state index < -0.39 is 28.5 Å². The molecule has 2 aromatic carbocycles. The number of amides is 2. The highest BCUT2D eigenvalue weighted by Gasteiger charge is 2.30. The summed E-state index contributed by atoms with van der Waals surface area (Å²) in [5, 5.41) is 3.36. The molecule has 0 saturated heterocycles. The summed E-state index contributed by atoms with van der Waals surface area (Å²) in [7, 11) is -2.51. The van der Waals surface area contributed by atoms with Gasteiger partial charge in [-0.15, -0.1) is 0 Å². The second-order valence-electron chi connectivity index (χ2n) is 8.06. The number of carbonyl (C=O) groups excluding carboxylic acids is 2. The SMILES string of the molecule is Cc1ccc(S(=O)(=O)N(C)CC(=O)N(Cc2ccc(Cl)cc2)[C@@H](C)C(=O)NC(C)C)cc1. The normalized spacial score (nSPS) is 12.6. The van der Waals surface area contributed by atoms with Gasteiger partial charge in [0.15, 0.2) is 0 Å². The molecule has 1 N–H and O–H groups in total. The summed E-state index contributed by atoms with van der Waals surface area (Å²) in [4.78, 5) is 27.3. The second kappa shape index (κ2) is 10.9. The summed E-state index contributed by atoms with van der Waals surface area (Å²) < 4.78 is 26.8. The van der Waals surface area contributed by atoms with Crippen molar-refractivity contribution in [2.24, 2.45) is 0 Å². The molecule has 32 heavy (non-hydrogen) atoms. The zero-order chi connectivity index (χ0) is 24.1. The van der Waals surface area contributed by atoms with Crippen LogP contribution in [0.15, 0.2) is 53.4 Å². The van der Waals surface area contributed by atoms with E-state index >= 15 is 0 Å². The summed E-state index contributed by atoms with van der Waals surface area (Å²) >= 11 is 5.95. The number of likely N-dealkylation sites (N-methyl/N-ethyl adjacent to an activating group) is 1. The third-order valence-corrected chi connectivity index (χ3v) is 7.02. The Morgan fingerprint density at radius 3 is 2.09 bits per heavy atom. The van der Waals surface area contributed by atoms with Crippen molar-refractivity contribution in [2.75, 3.05) is 13.6 Å². The van der Waals surface area contributed by atoms with Crippen molar-refractivity contribution in [3.8, 4) is 0 Å². The fourth-order valence-electron chi connectivity index (χ4n) is 3.03. The van der Waals surface area contributed by atoms with Gasteiger partial charge in [-0.25, -0.2) is 8.42 Å². The van der Waals surface area contributed by atoms with E-state index in [4.69, 9.17) is 11.6 Å². The van der Waals surface area contributed by atoms with Crippen LogP contribution < -0.4 is 5.32 Å². The van der Waals surface area contributed by atoms with Gasteiger partial charge in [-0.3, -0.25) is 9.59 Å². The van der Waals surface area contributed by atoms with Crippen LogP contribution >= 0.6 is 11.6 Å². The minimum Gasteiger partial charge on any atom is -0.352 e. The molecule has 0 fully saturated rings. The Morgan fingerprint density at radius 2 is 1.56 bits per heavy atom. The van der Waals surface area contributed by atoms with Crippen molar-refractivity contribution < 1.29 is 18.0 Å². The lowest BCUT2D eigenvalue weighted by molar-refractivity contribution is -0.140. The van der Waals surface area contributed by atoms with Crippen LogP contribution in [-0.4, -0.2) is 55.1 Å². The largest absolute Gasteiger partial charge is 0.352 e. The van der Waals surface area contributed by atoms with Crippen LogP contribution in [0.1, 0.15) is 31.9 Å². The molecule has 0 aliphatic carbocycles. The number of carbonyl (C=O) groups is 2. The average Bonchev–Trinajstić information content (AvgIpc) is 2.72. The Hall–Kier alpha value is -2.42. The first kappa shape index (κ1) is 25.8. The third kappa shape index (κ3) is 6.79. The Labute approximate surface area is 195 Å². The smallest absolute Gasteiger partial charge is 0.243 e. The molecule has 2 aromatic rings. The van der Waals surface area contributed by atoms with Crippen LogP contribution in [-0.2, 0) is 26.2 Å². The summed E-state index contributed by atoms with van der Waals surface area (Å²) in [6.45, 7) is 6.89. The predicted octanol–water partition coefficient (Wildman–Crippen LogP) is 3.21. The van der Waals surface area contributed by atoms with Crippen LogP contribution in [0.5, 0.6) is 0 Å². The van der Waals surface area contributed by atoms with E-state index in [1.807, 2.05) is 20.8 Å². The van der Waals surface area contributed by atoms with Gasteiger partial charge in [0.1, 0.15) is 6.04 Å². The molecule has 0 aromatic heterocycles. The van der Waals surface area contributed by atoms with Gasteiger partial charge in [-0.05, 0) is 57.5 Å². The lowest BCUT2D eigenvalue weighted by Crippen LogP contribution is -2.51. The van der Waals surface area contributed by atoms with E-state index in [1.54, 1.807) is 43.3 Å². The van der Waals surface area contributed by atoms with Crippen molar-refractivity contribution >= 4 is 33.4 Å². The topological polar surface area (TPSA) is 86.8 Å². The van der Waals surface area contributed by atoms with Crippen molar-refractivity contribution in [3.05, 3.63) is 64.7 Å². The number of aryl methyl sites for hydroxylation is 1. The Bertz CT molecular complexity index is 1040. The molecule has 0 unspecified atom stereocenters. The summed E-state index contributed by atoms with van der Waals surface area (Å²) in [5.74, 6) is -0.795. The first-order chi connectivity index (χ1) is 14.9. The molecule has 174 valence electrons. The van der Waals surface area contributed by atoms with Crippen molar-refractivity contribution in [1.29, 1.82) is 0 Å². The number of hydrogen-bond donors (Lipinski definition) is 1. The lowest BCUT2D eigenvalue weighted by Gasteiger charge is -2.30. The maximum Gasteiger partial charge on any atom is 0.243 e. The highest BCUT2D eigenvalue weighted by Crippen LogP contribution is 2.17. The molecule has 0 aliphatic rings. The minimum absolute atomic E-state index is 0.0953. The van der Waals surface area contributed by atoms with Crippen LogP contribution in [0.2, 0.25) is 5.02 Å². The lowest BCUT2D eigenvalue weighted by atomic mass is 10.1. The number of halogens is 1. The van der Waals surface area contributed by atoms with Crippen molar-refractivity contribution in [3.63, 3.8) is 0 Å². The zero-order valence-electron chi connectivity index (χ0n) is 19.0. The number of sulfonamides is 1. The van der Waals surface area contributed by atoms with Crippen molar-refractivity contribution in [1.82, 2.24) is 14.5 Å². The minimum atomic E-state index is -3.86. The van der Waals surface area contributed by atoms with E-state index in [-0.39, 0.29) is 23.4 Å². The molecule has 0 aliphatic heterocycles. The molecule has 7 nitrogen and oxygen atoms in total. The Kier molecular flexibility index (Phi) is 8.83. The second-order valence-corrected chi connectivity index (χ2v) is 10.5. The van der Waals surface area contributed by atoms with Crippen LogP contribution in [0.3, 0.4) is 0 Å². The highest BCUT2D eigenvalue weighted by molar-refractivity contribution is 7.89. The van der Waals surface area contributed by atoms with E-state index in [0.717, 1.165) is 15.4 Å². The van der Waals surface area contributed by atoms with Gasteiger partial charge in [0.25, 0.3) is 0 Å². The fourth-order valence-corrected chi connectivity index (χ4v) is 4.28. The molecule has 9 heteroatoms. The first-order valence-corrected chi connectivity index (χ1v) is 12.1. The Morgan fingerprint density at radius 1 is 1.00 bits per heavy atom. The molecule has 0 bridgehead atoms. The number of hydrogen-bond acceptors (Lipinski definition) is 4. The zero-order valence-corrected chi connectivity index (χ0v) is 20.6. The molecule has 0 saturated carbocycles. The third-order valence-electron chi connectivity index (χ3n) is 4.95. The van der Waals surface area contributed by atoms with E-state index in [9.17, 15) is 18.0 Å². The van der Waals surface area contributed by atoms with Gasteiger partial charge in [-0.1, -0.05) is 41.4 Å². The number of benzene rings is 2. The van der Waals surface area contributed by atoms with Gasteiger partial charge in [0, 0.05) is 24.7 Å².